The Kier molecular flexibility index (Phi) is 19.4. The Balaban J connectivity index is 0.000000164. The third kappa shape index (κ3) is 14.9. The highest BCUT2D eigenvalue weighted by molar-refractivity contribution is 7.92. The van der Waals surface area contributed by atoms with Gasteiger partial charge in [-0.25, -0.2) is 57.7 Å². The van der Waals surface area contributed by atoms with Gasteiger partial charge in [0.05, 0.1) is 101 Å². The third-order valence-corrected chi connectivity index (χ3v) is 24.9. The average Bonchev–Trinajstić information content (AvgIpc) is 1.61. The first-order valence-electron chi connectivity index (χ1n) is 34.4. The molecular formula is C82H57N5O22S4. The van der Waals surface area contributed by atoms with Crippen LogP contribution in [-0.2, 0) is 48.8 Å². The van der Waals surface area contributed by atoms with Gasteiger partial charge in [0.1, 0.15) is 46.0 Å². The van der Waals surface area contributed by atoms with Gasteiger partial charge in [-0.3, -0.25) is 24.1 Å². The van der Waals surface area contributed by atoms with Crippen LogP contribution in [0.2, 0.25) is 0 Å². The molecule has 12 aromatic rings. The van der Waals surface area contributed by atoms with Gasteiger partial charge >= 0.3 is 23.9 Å². The average molecular weight is 1600 g/mol. The number of sulfone groups is 4. The maximum absolute atomic E-state index is 13.6. The summed E-state index contributed by atoms with van der Waals surface area (Å²) in [6.07, 6.45) is 0. The van der Waals surface area contributed by atoms with Gasteiger partial charge in [-0.2, -0.15) is 0 Å². The van der Waals surface area contributed by atoms with E-state index in [1.165, 1.54) is 116 Å². The summed E-state index contributed by atoms with van der Waals surface area (Å²) in [4.78, 5) is 99.1. The second-order valence-electron chi connectivity index (χ2n) is 25.3. The fraction of sp³-hybridized carbons (Fsp3) is 0.0244. The van der Waals surface area contributed by atoms with Crippen molar-refractivity contribution in [2.45, 2.75) is 46.1 Å². The number of carbonyl (C=O) groups excluding carboxylic acids is 8. The molecule has 0 atom stereocenters. The number of cyclic esters (lactones) is 4. The van der Waals surface area contributed by atoms with Crippen LogP contribution in [0, 0.1) is 6.92 Å². The second kappa shape index (κ2) is 29.5. The molecule has 566 valence electrons. The molecule has 4 heterocycles. The van der Waals surface area contributed by atoms with E-state index in [2.05, 4.69) is 9.47 Å². The third-order valence-electron chi connectivity index (χ3n) is 17.9. The first-order valence-corrected chi connectivity index (χ1v) is 39.4. The summed E-state index contributed by atoms with van der Waals surface area (Å²) in [5.74, 6) is -2.49. The molecule has 0 aromatic heterocycles. The summed E-state index contributed by atoms with van der Waals surface area (Å²) in [5, 5.41) is 0. The number of hydrogen-bond acceptors (Lipinski definition) is 25. The van der Waals surface area contributed by atoms with E-state index in [1.807, 2.05) is 31.2 Å². The quantitative estimate of drug-likeness (QED) is 0.0330. The monoisotopic (exact) mass is 1600 g/mol. The number of aryl methyl sites for hydroxylation is 1. The van der Waals surface area contributed by atoms with Gasteiger partial charge in [0.15, 0.2) is 0 Å². The number of rotatable bonds is 17. The van der Waals surface area contributed by atoms with Crippen molar-refractivity contribution < 1.29 is 103 Å². The summed E-state index contributed by atoms with van der Waals surface area (Å²) in [5.41, 5.74) is 19.4. The zero-order valence-electron chi connectivity index (χ0n) is 60.6. The van der Waals surface area contributed by atoms with E-state index < -0.39 is 86.9 Å². The molecule has 4 aliphatic heterocycles. The Morgan fingerprint density at radius 3 is 1.02 bits per heavy atom. The van der Waals surface area contributed by atoms with Crippen molar-refractivity contribution in [1.29, 1.82) is 0 Å². The van der Waals surface area contributed by atoms with Crippen LogP contribution < -0.4 is 41.0 Å². The van der Waals surface area contributed by atoms with Crippen molar-refractivity contribution in [2.24, 2.45) is 0 Å². The maximum atomic E-state index is 13.6. The molecule has 31 heteroatoms. The largest absolute Gasteiger partial charge is 0.457 e. The van der Waals surface area contributed by atoms with E-state index >= 15 is 0 Å². The van der Waals surface area contributed by atoms with Gasteiger partial charge in [-0.1, -0.05) is 24.3 Å². The van der Waals surface area contributed by atoms with Crippen molar-refractivity contribution in [2.75, 3.05) is 29.1 Å². The van der Waals surface area contributed by atoms with Crippen LogP contribution in [-0.4, -0.2) is 93.1 Å². The summed E-state index contributed by atoms with van der Waals surface area (Å²) >= 11 is 0. The number of hydrogen-bond donors (Lipinski definition) is 3. The number of carbonyl (C=O) groups is 8. The molecule has 0 saturated carbocycles. The fourth-order valence-corrected chi connectivity index (χ4v) is 17.1. The Bertz CT molecular complexity index is 6490. The van der Waals surface area contributed by atoms with Gasteiger partial charge in [0, 0.05) is 33.9 Å². The van der Waals surface area contributed by atoms with Crippen molar-refractivity contribution >= 4 is 110 Å². The normalized spacial score (nSPS) is 13.6. The highest BCUT2D eigenvalue weighted by Crippen LogP contribution is 2.39. The number of benzene rings is 12. The van der Waals surface area contributed by atoms with Crippen molar-refractivity contribution in [3.8, 4) is 46.0 Å². The summed E-state index contributed by atoms with van der Waals surface area (Å²) < 4.78 is 147. The zero-order valence-corrected chi connectivity index (χ0v) is 61.8. The lowest BCUT2D eigenvalue weighted by atomic mass is 10.1. The van der Waals surface area contributed by atoms with Crippen LogP contribution in [0.3, 0.4) is 0 Å². The Hall–Kier alpha value is -14.4. The SMILES string of the molecule is Cc1cccc(Oc2ccc(S(=O)(=O)c3ccc(Oc4cccc(N5C(=O)c6ccc(S(=O)(=O)c7ccc8c(c7)C(=O)N(C)C8=O)cc6C5=O)c4)cc3)cc2)c1.Nc1cccc(Oc2ccc(S(=O)(=O)c3ccc(Oc4ccc(N)c(N)c4)cc3)cc2)c1.O=C1OC(=O)c2cc(S(=O)(=O)c3ccc4c(c3)C(=O)OC4=O)ccc21.[3H][3H]. The predicted molar refractivity (Wildman–Crippen MR) is 407 cm³/mol. The standard InChI is InChI=1S/C42H28N2O10S2.C24H21N3O4S.C16H6O8S.H2/c1-25-5-3-7-29(21-25)53-27-9-13-31(14-10-27)55(49,50)32-15-11-28(12-16-32)54-30-8-4-6-26(22-30)44-41(47)36-20-18-34(24-38(36)42(44)48)56(51,52)33-17-19-35-37(23-33)40(46)43(2)39(35)45;25-16-2-1-3-19(14-16)30-17-4-9-21(10-5-17)32(28,29)22-11-6-18(7-12-22)31-20-8-13-23(26)24(27)15-20;17-13-9-3-1-7(5-11(9)15(19)23-13)25(21,22)8-2-4-10-12(6-8)16(20)24-14(10)18;/h3-24H,1-2H3;1-15H,25-27H2;1-6H;1H/i;;;1+2T. The topological polar surface area (TPSA) is 413 Å². The van der Waals surface area contributed by atoms with Gasteiger partial charge < -0.3 is 45.6 Å². The van der Waals surface area contributed by atoms with Crippen LogP contribution in [0.5, 0.6) is 46.0 Å². The molecule has 0 aliphatic carbocycles. The minimum atomic E-state index is -4.27. The highest BCUT2D eigenvalue weighted by Gasteiger charge is 2.40. The number of esters is 4. The lowest BCUT2D eigenvalue weighted by Gasteiger charge is -2.15. The number of anilines is 4. The Labute approximate surface area is 646 Å². The number of nitrogens with two attached hydrogens (primary N) is 3. The highest BCUT2D eigenvalue weighted by atomic mass is 32.2. The van der Waals surface area contributed by atoms with Crippen molar-refractivity contribution in [3.63, 3.8) is 0 Å². The molecule has 0 radical (unpaired) electrons. The van der Waals surface area contributed by atoms with Gasteiger partial charge in [0.2, 0.25) is 39.3 Å². The minimum Gasteiger partial charge on any atom is -0.457 e. The Morgan fingerprint density at radius 2 is 0.602 bits per heavy atom. The lowest BCUT2D eigenvalue weighted by molar-refractivity contribution is 0.0425. The van der Waals surface area contributed by atoms with E-state index in [9.17, 15) is 72.0 Å². The van der Waals surface area contributed by atoms with Crippen LogP contribution >= 0.6 is 0 Å². The molecule has 0 bridgehead atoms. The lowest BCUT2D eigenvalue weighted by Crippen LogP contribution is -2.29. The van der Waals surface area contributed by atoms with Gasteiger partial charge in [0.25, 0.3) is 23.6 Å². The zero-order chi connectivity index (χ0) is 82.2. The van der Waals surface area contributed by atoms with Crippen LogP contribution in [0.25, 0.3) is 0 Å². The number of nitrogen functional groups attached to an aromatic ring is 3. The molecule has 6 N–H and O–H groups in total. The minimum absolute atomic E-state index is 0.0122. The fourth-order valence-electron chi connectivity index (χ4n) is 12.0. The molecule has 0 unspecified atom stereocenters. The summed E-state index contributed by atoms with van der Waals surface area (Å²) in [6, 6.07) is 63.6. The number of nitrogens with zero attached hydrogens (tertiary/aromatic N) is 2. The van der Waals surface area contributed by atoms with Crippen molar-refractivity contribution in [3.05, 3.63) is 311 Å². The molecular weight excluding hydrogens is 1540 g/mol. The van der Waals surface area contributed by atoms with E-state index in [0.717, 1.165) is 51.8 Å². The van der Waals surface area contributed by atoms with E-state index in [4.69, 9.17) is 39.1 Å². The molecule has 4 aliphatic rings. The summed E-state index contributed by atoms with van der Waals surface area (Å²) in [6.45, 7) is 1.94. The first kappa shape index (κ1) is 74.1. The van der Waals surface area contributed by atoms with E-state index in [-0.39, 0.29) is 101 Å². The van der Waals surface area contributed by atoms with Gasteiger partial charge in [-0.05, 0) is 231 Å². The molecule has 113 heavy (non-hydrogen) atoms. The van der Waals surface area contributed by atoms with Crippen molar-refractivity contribution in [1.82, 2.24) is 4.90 Å². The number of amides is 4. The van der Waals surface area contributed by atoms with Crippen LogP contribution in [0.1, 0.15) is 91.4 Å². The van der Waals surface area contributed by atoms with E-state index in [1.54, 1.807) is 91.0 Å². The van der Waals surface area contributed by atoms with Crippen LogP contribution in [0.15, 0.2) is 300 Å². The molecule has 16 rings (SSSR count). The molecule has 0 saturated heterocycles. The summed E-state index contributed by atoms with van der Waals surface area (Å²) in [7, 11) is -14.7. The van der Waals surface area contributed by atoms with Crippen LogP contribution in [0.4, 0.5) is 22.7 Å². The second-order valence-corrected chi connectivity index (χ2v) is 33.1. The number of imide groups is 2. The maximum Gasteiger partial charge on any atom is 0.346 e. The first-order chi connectivity index (χ1) is 54.8. The molecule has 27 nitrogen and oxygen atoms in total. The number of fused-ring (bicyclic) bond motifs is 4. The predicted octanol–water partition coefficient (Wildman–Crippen LogP) is 13.5. The Morgan fingerprint density at radius 1 is 0.292 bits per heavy atom. The number of ether oxygens (including phenoxy) is 6. The smallest absolute Gasteiger partial charge is 0.346 e. The molecule has 12 aromatic carbocycles. The molecule has 0 fully saturated rings. The van der Waals surface area contributed by atoms with E-state index in [0.29, 0.717) is 51.6 Å². The molecule has 4 amide bonds. The molecule has 0 spiro atoms. The van der Waals surface area contributed by atoms with Gasteiger partial charge in [-0.15, -0.1) is 0 Å².